The maximum absolute atomic E-state index is 12.6. The lowest BCUT2D eigenvalue weighted by Gasteiger charge is -2.34. The van der Waals surface area contributed by atoms with Crippen LogP contribution in [-0.2, 0) is 20.9 Å². The maximum Gasteiger partial charge on any atom is 0.408 e. The standard InChI is InChI=1S/C20H26N4O5S/c1-20(2,3)29-19(28)21-12-16(25)22-8-10-23(11-9-22)17(26)13-24-18(27)14-6-4-5-7-15(14)30-24/h4-7H,8-13H2,1-3H3,(H,21,28). The third kappa shape index (κ3) is 5.38. The molecule has 2 aromatic rings. The van der Waals surface area contributed by atoms with Crippen LogP contribution in [0.5, 0.6) is 0 Å². The van der Waals surface area contributed by atoms with Crippen molar-refractivity contribution in [2.75, 3.05) is 32.7 Å². The van der Waals surface area contributed by atoms with Crippen molar-refractivity contribution >= 4 is 39.5 Å². The third-order valence-electron chi connectivity index (χ3n) is 4.60. The Bertz CT molecular complexity index is 999. The first-order chi connectivity index (χ1) is 14.1. The Balaban J connectivity index is 1.48. The van der Waals surface area contributed by atoms with Crippen LogP contribution in [0.2, 0.25) is 0 Å². The monoisotopic (exact) mass is 434 g/mol. The molecule has 162 valence electrons. The predicted molar refractivity (Wildman–Crippen MR) is 113 cm³/mol. The summed E-state index contributed by atoms with van der Waals surface area (Å²) < 4.78 is 7.43. The summed E-state index contributed by atoms with van der Waals surface area (Å²) in [5.41, 5.74) is -0.791. The Morgan fingerprint density at radius 2 is 1.63 bits per heavy atom. The number of hydrogen-bond donors (Lipinski definition) is 1. The molecule has 9 nitrogen and oxygen atoms in total. The molecule has 0 saturated carbocycles. The van der Waals surface area contributed by atoms with Crippen LogP contribution < -0.4 is 10.9 Å². The number of hydrogen-bond acceptors (Lipinski definition) is 6. The molecule has 10 heteroatoms. The van der Waals surface area contributed by atoms with E-state index in [0.717, 1.165) is 4.70 Å². The Labute approximate surface area is 178 Å². The van der Waals surface area contributed by atoms with Crippen LogP contribution in [0.15, 0.2) is 29.1 Å². The maximum atomic E-state index is 12.6. The fourth-order valence-electron chi connectivity index (χ4n) is 3.12. The molecule has 30 heavy (non-hydrogen) atoms. The van der Waals surface area contributed by atoms with Gasteiger partial charge >= 0.3 is 6.09 Å². The second kappa shape index (κ2) is 8.86. The summed E-state index contributed by atoms with van der Waals surface area (Å²) >= 11 is 1.27. The van der Waals surface area contributed by atoms with E-state index in [1.807, 2.05) is 12.1 Å². The topological polar surface area (TPSA) is 101 Å². The average Bonchev–Trinajstić information content (AvgIpc) is 3.00. The number of nitrogens with one attached hydrogen (secondary N) is 1. The molecular weight excluding hydrogens is 408 g/mol. The smallest absolute Gasteiger partial charge is 0.408 e. The number of fused-ring (bicyclic) bond motifs is 1. The first kappa shape index (κ1) is 21.8. The van der Waals surface area contributed by atoms with E-state index >= 15 is 0 Å². The summed E-state index contributed by atoms with van der Waals surface area (Å²) in [6.45, 7) is 6.61. The second-order valence-electron chi connectivity index (χ2n) is 8.05. The number of carbonyl (C=O) groups is 3. The quantitative estimate of drug-likeness (QED) is 0.781. The van der Waals surface area contributed by atoms with Crippen molar-refractivity contribution in [3.05, 3.63) is 34.6 Å². The second-order valence-corrected chi connectivity index (χ2v) is 9.11. The molecular formula is C20H26N4O5S. The SMILES string of the molecule is CC(C)(C)OC(=O)NCC(=O)N1CCN(C(=O)Cn2sc3ccccc3c2=O)CC1. The van der Waals surface area contributed by atoms with E-state index in [9.17, 15) is 19.2 Å². The van der Waals surface area contributed by atoms with Gasteiger partial charge in [-0.15, -0.1) is 0 Å². The zero-order valence-corrected chi connectivity index (χ0v) is 18.2. The average molecular weight is 435 g/mol. The normalized spacial score (nSPS) is 14.6. The zero-order chi connectivity index (χ0) is 21.9. The van der Waals surface area contributed by atoms with Crippen LogP contribution in [0.4, 0.5) is 4.79 Å². The lowest BCUT2D eigenvalue weighted by Crippen LogP contribution is -2.53. The van der Waals surface area contributed by atoms with Crippen molar-refractivity contribution in [3.8, 4) is 0 Å². The van der Waals surface area contributed by atoms with Crippen molar-refractivity contribution in [2.45, 2.75) is 32.9 Å². The predicted octanol–water partition coefficient (Wildman–Crippen LogP) is 1.26. The van der Waals surface area contributed by atoms with Gasteiger partial charge in [0.1, 0.15) is 18.7 Å². The first-order valence-corrected chi connectivity index (χ1v) is 10.5. The number of rotatable bonds is 4. The number of carbonyl (C=O) groups excluding carboxylic acids is 3. The fourth-order valence-corrected chi connectivity index (χ4v) is 4.11. The highest BCUT2D eigenvalue weighted by molar-refractivity contribution is 7.13. The van der Waals surface area contributed by atoms with E-state index in [1.165, 1.54) is 15.5 Å². The largest absolute Gasteiger partial charge is 0.444 e. The number of aromatic nitrogens is 1. The van der Waals surface area contributed by atoms with E-state index in [0.29, 0.717) is 31.6 Å². The lowest BCUT2D eigenvalue weighted by atomic mass is 10.2. The Kier molecular flexibility index (Phi) is 6.45. The van der Waals surface area contributed by atoms with Gasteiger partial charge in [-0.2, -0.15) is 0 Å². The molecule has 0 atom stereocenters. The van der Waals surface area contributed by atoms with Gasteiger partial charge in [-0.1, -0.05) is 23.7 Å². The molecule has 0 aliphatic carbocycles. The van der Waals surface area contributed by atoms with Crippen molar-refractivity contribution < 1.29 is 19.1 Å². The molecule has 1 aliphatic heterocycles. The van der Waals surface area contributed by atoms with Gasteiger partial charge in [-0.25, -0.2) is 4.79 Å². The van der Waals surface area contributed by atoms with Gasteiger partial charge in [0.15, 0.2) is 0 Å². The van der Waals surface area contributed by atoms with Crippen LogP contribution in [0.3, 0.4) is 0 Å². The number of amides is 3. The van der Waals surface area contributed by atoms with Gasteiger partial charge in [0.2, 0.25) is 11.8 Å². The number of benzene rings is 1. The van der Waals surface area contributed by atoms with Crippen molar-refractivity contribution in [1.29, 1.82) is 0 Å². The molecule has 1 aromatic carbocycles. The fraction of sp³-hybridized carbons (Fsp3) is 0.500. The molecule has 1 saturated heterocycles. The van der Waals surface area contributed by atoms with Crippen LogP contribution in [0, 0.1) is 0 Å². The van der Waals surface area contributed by atoms with Crippen LogP contribution in [0.25, 0.3) is 10.1 Å². The van der Waals surface area contributed by atoms with E-state index < -0.39 is 11.7 Å². The number of alkyl carbamates (subject to hydrolysis) is 1. The Morgan fingerprint density at radius 3 is 2.23 bits per heavy atom. The van der Waals surface area contributed by atoms with Gasteiger partial charge in [0.05, 0.1) is 10.1 Å². The van der Waals surface area contributed by atoms with Gasteiger partial charge in [-0.05, 0) is 32.9 Å². The van der Waals surface area contributed by atoms with Crippen LogP contribution in [0.1, 0.15) is 20.8 Å². The highest BCUT2D eigenvalue weighted by Crippen LogP contribution is 2.16. The zero-order valence-electron chi connectivity index (χ0n) is 17.3. The van der Waals surface area contributed by atoms with E-state index in [1.54, 1.807) is 42.7 Å². The molecule has 1 aliphatic rings. The highest BCUT2D eigenvalue weighted by Gasteiger charge is 2.25. The van der Waals surface area contributed by atoms with E-state index in [2.05, 4.69) is 5.32 Å². The summed E-state index contributed by atoms with van der Waals surface area (Å²) in [5.74, 6) is -0.378. The number of nitrogens with zero attached hydrogens (tertiary/aromatic N) is 3. The van der Waals surface area contributed by atoms with Gasteiger partial charge in [0, 0.05) is 26.2 Å². The summed E-state index contributed by atoms with van der Waals surface area (Å²) in [6.07, 6.45) is -0.640. The summed E-state index contributed by atoms with van der Waals surface area (Å²) in [4.78, 5) is 52.2. The van der Waals surface area contributed by atoms with Crippen LogP contribution in [-0.4, -0.2) is 70.0 Å². The molecule has 2 heterocycles. The van der Waals surface area contributed by atoms with Gasteiger partial charge < -0.3 is 19.9 Å². The molecule has 1 fully saturated rings. The van der Waals surface area contributed by atoms with Crippen molar-refractivity contribution in [3.63, 3.8) is 0 Å². The Morgan fingerprint density at radius 1 is 1.03 bits per heavy atom. The minimum atomic E-state index is -0.640. The number of piperazine rings is 1. The minimum absolute atomic E-state index is 0.00761. The lowest BCUT2D eigenvalue weighted by molar-refractivity contribution is -0.139. The molecule has 0 bridgehead atoms. The molecule has 1 N–H and O–H groups in total. The van der Waals surface area contributed by atoms with Crippen molar-refractivity contribution in [1.82, 2.24) is 19.1 Å². The van der Waals surface area contributed by atoms with Crippen LogP contribution >= 0.6 is 11.5 Å². The molecule has 0 unspecified atom stereocenters. The highest BCUT2D eigenvalue weighted by atomic mass is 32.1. The summed E-state index contributed by atoms with van der Waals surface area (Å²) in [6, 6.07) is 7.28. The molecule has 3 amide bonds. The summed E-state index contributed by atoms with van der Waals surface area (Å²) in [7, 11) is 0. The van der Waals surface area contributed by atoms with E-state index in [4.69, 9.17) is 4.74 Å². The molecule has 0 spiro atoms. The molecule has 1 aromatic heterocycles. The molecule has 3 rings (SSSR count). The Hall–Kier alpha value is -2.88. The van der Waals surface area contributed by atoms with Crippen molar-refractivity contribution in [2.24, 2.45) is 0 Å². The van der Waals surface area contributed by atoms with Gasteiger partial charge in [-0.3, -0.25) is 18.3 Å². The number of ether oxygens (including phenoxy) is 1. The van der Waals surface area contributed by atoms with E-state index in [-0.39, 0.29) is 30.5 Å². The first-order valence-electron chi connectivity index (χ1n) is 9.75. The molecule has 0 radical (unpaired) electrons. The summed E-state index contributed by atoms with van der Waals surface area (Å²) in [5, 5.41) is 3.07. The van der Waals surface area contributed by atoms with Gasteiger partial charge in [0.25, 0.3) is 5.56 Å². The minimum Gasteiger partial charge on any atom is -0.444 e. The third-order valence-corrected chi connectivity index (χ3v) is 5.67.